The molecule has 82 valence electrons. The molecule has 2 atom stereocenters. The van der Waals surface area contributed by atoms with Crippen molar-refractivity contribution in [2.24, 2.45) is 0 Å². The second-order valence-electron chi connectivity index (χ2n) is 4.14. The quantitative estimate of drug-likeness (QED) is 0.723. The summed E-state index contributed by atoms with van der Waals surface area (Å²) < 4.78 is 5.70. The zero-order valence-electron chi connectivity index (χ0n) is 8.87. The van der Waals surface area contributed by atoms with Crippen molar-refractivity contribution < 1.29 is 4.74 Å². The molecule has 1 N–H and O–H groups in total. The fourth-order valence-electron chi connectivity index (χ4n) is 2.08. The molecule has 2 heterocycles. The Hall–Kier alpha value is 0.230. The first-order valence-corrected chi connectivity index (χ1v) is 6.56. The van der Waals surface area contributed by atoms with E-state index in [-0.39, 0.29) is 0 Å². The summed E-state index contributed by atoms with van der Waals surface area (Å²) in [5.41, 5.74) is 0. The Morgan fingerprint density at radius 3 is 3.21 bits per heavy atom. The van der Waals surface area contributed by atoms with Gasteiger partial charge in [-0.2, -0.15) is 11.8 Å². The molecule has 0 aromatic carbocycles. The summed E-state index contributed by atoms with van der Waals surface area (Å²) in [5.74, 6) is 1.28. The van der Waals surface area contributed by atoms with Crippen molar-refractivity contribution in [2.75, 3.05) is 45.1 Å². The summed E-state index contributed by atoms with van der Waals surface area (Å²) in [7, 11) is 0. The first-order chi connectivity index (χ1) is 6.84. The number of hydrogen-bond donors (Lipinski definition) is 1. The van der Waals surface area contributed by atoms with E-state index in [4.69, 9.17) is 4.74 Å². The molecule has 0 bridgehead atoms. The molecule has 0 amide bonds. The van der Waals surface area contributed by atoms with Crippen LogP contribution in [0, 0.1) is 0 Å². The van der Waals surface area contributed by atoms with Crippen LogP contribution >= 0.6 is 11.8 Å². The largest absolute Gasteiger partial charge is 0.374 e. The van der Waals surface area contributed by atoms with Gasteiger partial charge < -0.3 is 10.1 Å². The Morgan fingerprint density at radius 1 is 1.57 bits per heavy atom. The van der Waals surface area contributed by atoms with Crippen LogP contribution in [0.5, 0.6) is 0 Å². The zero-order valence-corrected chi connectivity index (χ0v) is 9.68. The molecule has 0 spiro atoms. The second kappa shape index (κ2) is 5.35. The van der Waals surface area contributed by atoms with Crippen LogP contribution in [-0.4, -0.2) is 61.3 Å². The van der Waals surface area contributed by atoms with E-state index in [1.54, 1.807) is 0 Å². The first-order valence-electron chi connectivity index (χ1n) is 5.51. The molecule has 14 heavy (non-hydrogen) atoms. The van der Waals surface area contributed by atoms with Gasteiger partial charge in [-0.25, -0.2) is 0 Å². The van der Waals surface area contributed by atoms with Gasteiger partial charge in [0.2, 0.25) is 0 Å². The van der Waals surface area contributed by atoms with Crippen molar-refractivity contribution in [3.63, 3.8) is 0 Å². The third-order valence-electron chi connectivity index (χ3n) is 2.79. The third kappa shape index (κ3) is 3.12. The van der Waals surface area contributed by atoms with Gasteiger partial charge in [0.1, 0.15) is 0 Å². The molecule has 2 unspecified atom stereocenters. The van der Waals surface area contributed by atoms with Crippen LogP contribution in [0.15, 0.2) is 0 Å². The van der Waals surface area contributed by atoms with E-state index in [1.165, 1.54) is 18.8 Å². The van der Waals surface area contributed by atoms with Crippen molar-refractivity contribution in [1.82, 2.24) is 10.2 Å². The minimum Gasteiger partial charge on any atom is -0.374 e. The number of nitrogens with one attached hydrogen (secondary N) is 1. The Kier molecular flexibility index (Phi) is 4.10. The summed E-state index contributed by atoms with van der Waals surface area (Å²) in [5, 5.41) is 4.17. The maximum absolute atomic E-state index is 5.70. The maximum Gasteiger partial charge on any atom is 0.0826 e. The average Bonchev–Trinajstić information content (AvgIpc) is 2.19. The van der Waals surface area contributed by atoms with Crippen LogP contribution in [0.25, 0.3) is 0 Å². The van der Waals surface area contributed by atoms with E-state index in [1.807, 2.05) is 0 Å². The van der Waals surface area contributed by atoms with Gasteiger partial charge in [-0.1, -0.05) is 6.92 Å². The van der Waals surface area contributed by atoms with Gasteiger partial charge in [-0.3, -0.25) is 4.90 Å². The van der Waals surface area contributed by atoms with Crippen molar-refractivity contribution >= 4 is 11.8 Å². The highest BCUT2D eigenvalue weighted by molar-refractivity contribution is 7.99. The standard InChI is InChI=1S/C10H20N2OS/c1-9-7-12(3-5-14-9)8-10-6-11-2-4-13-10/h9-11H,2-8H2,1H3. The maximum atomic E-state index is 5.70. The van der Waals surface area contributed by atoms with Gasteiger partial charge in [0.05, 0.1) is 12.7 Å². The molecule has 4 heteroatoms. The van der Waals surface area contributed by atoms with Gasteiger partial charge in [-0.05, 0) is 0 Å². The van der Waals surface area contributed by atoms with E-state index < -0.39 is 0 Å². The molecule has 2 aliphatic rings. The van der Waals surface area contributed by atoms with Gasteiger partial charge in [0, 0.05) is 43.7 Å². The Bertz CT molecular complexity index is 174. The predicted molar refractivity (Wildman–Crippen MR) is 61.0 cm³/mol. The van der Waals surface area contributed by atoms with Crippen LogP contribution in [0.1, 0.15) is 6.92 Å². The lowest BCUT2D eigenvalue weighted by atomic mass is 10.2. The van der Waals surface area contributed by atoms with E-state index in [0.29, 0.717) is 6.10 Å². The Labute approximate surface area is 90.6 Å². The number of ether oxygens (including phenoxy) is 1. The van der Waals surface area contributed by atoms with Crippen LogP contribution in [-0.2, 0) is 4.74 Å². The SMILES string of the molecule is CC1CN(CC2CNCCO2)CCS1. The Balaban J connectivity index is 1.72. The highest BCUT2D eigenvalue weighted by Gasteiger charge is 2.21. The molecular formula is C10H20N2OS. The number of rotatable bonds is 2. The number of morpholine rings is 1. The second-order valence-corrected chi connectivity index (χ2v) is 5.68. The molecule has 0 aromatic heterocycles. The van der Waals surface area contributed by atoms with Crippen LogP contribution in [0.2, 0.25) is 0 Å². The fraction of sp³-hybridized carbons (Fsp3) is 1.00. The minimum atomic E-state index is 0.416. The summed E-state index contributed by atoms with van der Waals surface area (Å²) >= 11 is 2.09. The van der Waals surface area contributed by atoms with Gasteiger partial charge in [0.25, 0.3) is 0 Å². The predicted octanol–water partition coefficient (Wildman–Crippen LogP) is 0.412. The lowest BCUT2D eigenvalue weighted by Crippen LogP contribution is -2.48. The van der Waals surface area contributed by atoms with Gasteiger partial charge in [0.15, 0.2) is 0 Å². The lowest BCUT2D eigenvalue weighted by molar-refractivity contribution is 0.00635. The molecule has 0 saturated carbocycles. The van der Waals surface area contributed by atoms with E-state index in [0.717, 1.165) is 31.5 Å². The molecule has 0 radical (unpaired) electrons. The summed E-state index contributed by atoms with van der Waals surface area (Å²) in [6.07, 6.45) is 0.416. The Morgan fingerprint density at radius 2 is 2.50 bits per heavy atom. The normalized spacial score (nSPS) is 35.8. The molecule has 0 aliphatic carbocycles. The topological polar surface area (TPSA) is 24.5 Å². The van der Waals surface area contributed by atoms with Crippen molar-refractivity contribution in [3.05, 3.63) is 0 Å². The molecule has 0 aromatic rings. The summed E-state index contributed by atoms with van der Waals surface area (Å²) in [6, 6.07) is 0. The zero-order chi connectivity index (χ0) is 9.80. The highest BCUT2D eigenvalue weighted by atomic mass is 32.2. The number of hydrogen-bond acceptors (Lipinski definition) is 4. The van der Waals surface area contributed by atoms with E-state index >= 15 is 0 Å². The average molecular weight is 216 g/mol. The van der Waals surface area contributed by atoms with Crippen molar-refractivity contribution in [2.45, 2.75) is 18.3 Å². The monoisotopic (exact) mass is 216 g/mol. The van der Waals surface area contributed by atoms with Crippen molar-refractivity contribution in [1.29, 1.82) is 0 Å². The third-order valence-corrected chi connectivity index (χ3v) is 3.93. The summed E-state index contributed by atoms with van der Waals surface area (Å²) in [6.45, 7) is 8.80. The van der Waals surface area contributed by atoms with Crippen molar-refractivity contribution in [3.8, 4) is 0 Å². The van der Waals surface area contributed by atoms with Crippen LogP contribution < -0.4 is 5.32 Å². The molecule has 2 rings (SSSR count). The molecule has 3 nitrogen and oxygen atoms in total. The molecule has 2 fully saturated rings. The molecular weight excluding hydrogens is 196 g/mol. The van der Waals surface area contributed by atoms with E-state index in [2.05, 4.69) is 28.9 Å². The van der Waals surface area contributed by atoms with E-state index in [9.17, 15) is 0 Å². The lowest BCUT2D eigenvalue weighted by Gasteiger charge is -2.34. The van der Waals surface area contributed by atoms with Crippen LogP contribution in [0.3, 0.4) is 0 Å². The van der Waals surface area contributed by atoms with Gasteiger partial charge in [-0.15, -0.1) is 0 Å². The van der Waals surface area contributed by atoms with Gasteiger partial charge >= 0.3 is 0 Å². The highest BCUT2D eigenvalue weighted by Crippen LogP contribution is 2.18. The summed E-state index contributed by atoms with van der Waals surface area (Å²) in [4.78, 5) is 2.54. The number of nitrogens with zero attached hydrogens (tertiary/aromatic N) is 1. The molecule has 2 aliphatic heterocycles. The first kappa shape index (κ1) is 10.7. The molecule has 2 saturated heterocycles. The van der Waals surface area contributed by atoms with Crippen LogP contribution in [0.4, 0.5) is 0 Å². The fourth-order valence-corrected chi connectivity index (χ4v) is 3.16. The number of thioether (sulfide) groups is 1. The minimum absolute atomic E-state index is 0.416. The smallest absolute Gasteiger partial charge is 0.0826 e.